The third-order valence-corrected chi connectivity index (χ3v) is 4.12. The van der Waals surface area contributed by atoms with E-state index in [-0.39, 0.29) is 11.7 Å². The van der Waals surface area contributed by atoms with Crippen molar-refractivity contribution < 1.29 is 4.79 Å². The molecule has 2 heterocycles. The fourth-order valence-corrected chi connectivity index (χ4v) is 2.87. The maximum Gasteiger partial charge on any atom is 0.291 e. The minimum atomic E-state index is -0.265. The molecule has 3 rings (SSSR count). The van der Waals surface area contributed by atoms with Gasteiger partial charge in [0.25, 0.3) is 11.7 Å². The highest BCUT2D eigenvalue weighted by Crippen LogP contribution is 2.05. The Morgan fingerprint density at radius 2 is 1.96 bits per heavy atom. The van der Waals surface area contributed by atoms with Crippen LogP contribution in [0.4, 0.5) is 0 Å². The van der Waals surface area contributed by atoms with Crippen molar-refractivity contribution in [3.8, 4) is 0 Å². The minimum Gasteiger partial charge on any atom is -0.349 e. The van der Waals surface area contributed by atoms with Crippen molar-refractivity contribution in [2.75, 3.05) is 20.1 Å². The van der Waals surface area contributed by atoms with Gasteiger partial charge in [0, 0.05) is 24.5 Å². The summed E-state index contributed by atoms with van der Waals surface area (Å²) in [4.78, 5) is 23.0. The molecule has 1 aromatic carbocycles. The van der Waals surface area contributed by atoms with Crippen LogP contribution in [0.2, 0.25) is 0 Å². The Labute approximate surface area is 153 Å². The minimum absolute atomic E-state index is 0.156. The lowest BCUT2D eigenvalue weighted by atomic mass is 10.2. The van der Waals surface area contributed by atoms with Crippen LogP contribution in [-0.2, 0) is 6.54 Å². The number of carbonyl (C=O) groups excluding carboxylic acids is 1. The first-order chi connectivity index (χ1) is 12.5. The summed E-state index contributed by atoms with van der Waals surface area (Å²) in [5.74, 6) is 0.345. The second-order valence-electron chi connectivity index (χ2n) is 6.52. The average molecular weight is 352 g/mol. The smallest absolute Gasteiger partial charge is 0.291 e. The molecule has 0 radical (unpaired) electrons. The van der Waals surface area contributed by atoms with Gasteiger partial charge in [-0.2, -0.15) is 4.98 Å². The van der Waals surface area contributed by atoms with E-state index in [0.29, 0.717) is 12.3 Å². The van der Waals surface area contributed by atoms with Crippen molar-refractivity contribution in [3.63, 3.8) is 0 Å². The van der Waals surface area contributed by atoms with Gasteiger partial charge in [0.2, 0.25) is 5.82 Å². The zero-order chi connectivity index (χ0) is 18.5. The number of aromatic nitrogens is 4. The number of aryl methyl sites for hydroxylation is 2. The molecule has 0 spiro atoms. The van der Waals surface area contributed by atoms with E-state index < -0.39 is 0 Å². The number of rotatable bonds is 7. The van der Waals surface area contributed by atoms with E-state index in [1.807, 2.05) is 38.1 Å². The largest absolute Gasteiger partial charge is 0.349 e. The Hall–Kier alpha value is -2.80. The third-order valence-electron chi connectivity index (χ3n) is 4.12. The third kappa shape index (κ3) is 4.43. The number of nitrogens with one attached hydrogen (secondary N) is 1. The molecule has 0 saturated heterocycles. The molecule has 0 aliphatic rings. The van der Waals surface area contributed by atoms with E-state index in [9.17, 15) is 4.79 Å². The van der Waals surface area contributed by atoms with E-state index >= 15 is 0 Å². The Balaban J connectivity index is 1.48. The van der Waals surface area contributed by atoms with E-state index in [1.165, 1.54) is 5.56 Å². The molecule has 7 heteroatoms. The number of nitrogens with zero attached hydrogens (tertiary/aromatic N) is 5. The molecule has 3 aromatic rings. The molecule has 1 N–H and O–H groups in total. The van der Waals surface area contributed by atoms with Crippen LogP contribution in [0.5, 0.6) is 0 Å². The quantitative estimate of drug-likeness (QED) is 0.658. The molecular weight excluding hydrogens is 328 g/mol. The van der Waals surface area contributed by atoms with Gasteiger partial charge >= 0.3 is 0 Å². The number of hydrogen-bond donors (Lipinski definition) is 1. The highest BCUT2D eigenvalue weighted by molar-refractivity contribution is 5.90. The van der Waals surface area contributed by atoms with Gasteiger partial charge in [-0.1, -0.05) is 30.3 Å². The van der Waals surface area contributed by atoms with Gasteiger partial charge < -0.3 is 10.2 Å². The number of carbonyl (C=O) groups is 1. The molecule has 0 fully saturated rings. The van der Waals surface area contributed by atoms with Crippen LogP contribution in [0.1, 0.15) is 34.0 Å². The van der Waals surface area contributed by atoms with Gasteiger partial charge in [-0.15, -0.1) is 5.10 Å². The molecule has 0 aliphatic heterocycles. The van der Waals surface area contributed by atoms with Gasteiger partial charge in [0.1, 0.15) is 0 Å². The first-order valence-electron chi connectivity index (χ1n) is 8.74. The molecule has 0 unspecified atom stereocenters. The van der Waals surface area contributed by atoms with Gasteiger partial charge in [0.05, 0.1) is 0 Å². The molecule has 0 saturated carbocycles. The molecule has 1 amide bonds. The summed E-state index contributed by atoms with van der Waals surface area (Å²) in [6.45, 7) is 6.19. The second kappa shape index (κ2) is 8.05. The van der Waals surface area contributed by atoms with E-state index in [1.54, 1.807) is 4.52 Å². The van der Waals surface area contributed by atoms with Crippen molar-refractivity contribution in [1.82, 2.24) is 29.8 Å². The first kappa shape index (κ1) is 18.0. The Morgan fingerprint density at radius 3 is 2.73 bits per heavy atom. The molecular formula is C19H24N6O. The predicted octanol–water partition coefficient (Wildman–Crippen LogP) is 1.99. The molecule has 0 aliphatic carbocycles. The highest BCUT2D eigenvalue weighted by Gasteiger charge is 2.14. The fourth-order valence-electron chi connectivity index (χ4n) is 2.87. The number of amides is 1. The zero-order valence-corrected chi connectivity index (χ0v) is 15.4. The highest BCUT2D eigenvalue weighted by atomic mass is 16.2. The lowest BCUT2D eigenvalue weighted by Crippen LogP contribution is -2.28. The summed E-state index contributed by atoms with van der Waals surface area (Å²) in [6, 6.07) is 12.2. The maximum atomic E-state index is 12.3. The van der Waals surface area contributed by atoms with Crippen LogP contribution in [0, 0.1) is 13.8 Å². The monoisotopic (exact) mass is 352 g/mol. The van der Waals surface area contributed by atoms with E-state index in [4.69, 9.17) is 0 Å². The second-order valence-corrected chi connectivity index (χ2v) is 6.52. The van der Waals surface area contributed by atoms with Gasteiger partial charge in [0.15, 0.2) is 0 Å². The predicted molar refractivity (Wildman–Crippen MR) is 100.0 cm³/mol. The summed E-state index contributed by atoms with van der Waals surface area (Å²) in [7, 11) is 2.08. The van der Waals surface area contributed by atoms with Crippen molar-refractivity contribution in [3.05, 3.63) is 59.2 Å². The maximum absolute atomic E-state index is 12.3. The average Bonchev–Trinajstić information content (AvgIpc) is 3.04. The molecule has 0 atom stereocenters. The summed E-state index contributed by atoms with van der Waals surface area (Å²) < 4.78 is 1.59. The lowest BCUT2D eigenvalue weighted by molar-refractivity contribution is 0.0941. The molecule has 26 heavy (non-hydrogen) atoms. The summed E-state index contributed by atoms with van der Waals surface area (Å²) in [6.07, 6.45) is 0.860. The normalized spacial score (nSPS) is 11.2. The van der Waals surface area contributed by atoms with Crippen molar-refractivity contribution in [2.24, 2.45) is 0 Å². The zero-order valence-electron chi connectivity index (χ0n) is 15.4. The van der Waals surface area contributed by atoms with E-state index in [2.05, 4.69) is 44.5 Å². The van der Waals surface area contributed by atoms with Crippen molar-refractivity contribution in [2.45, 2.75) is 26.8 Å². The summed E-state index contributed by atoms with van der Waals surface area (Å²) in [5, 5.41) is 7.13. The Bertz CT molecular complexity index is 890. The number of benzene rings is 1. The van der Waals surface area contributed by atoms with Gasteiger partial charge in [-0.05, 0) is 45.5 Å². The van der Waals surface area contributed by atoms with Gasteiger partial charge in [-0.3, -0.25) is 4.79 Å². The summed E-state index contributed by atoms with van der Waals surface area (Å²) in [5.41, 5.74) is 3.04. The van der Waals surface area contributed by atoms with Crippen molar-refractivity contribution in [1.29, 1.82) is 0 Å². The SMILES string of the molecule is Cc1cc(C)n2nc(C(=O)NCCCN(C)Cc3ccccc3)nc2n1. The standard InChI is InChI=1S/C19H24N6O/c1-14-12-15(2)25-19(21-14)22-17(23-25)18(26)20-10-7-11-24(3)13-16-8-5-4-6-9-16/h4-6,8-9,12H,7,10-11,13H2,1-3H3,(H,20,26). The van der Waals surface area contributed by atoms with Crippen LogP contribution in [-0.4, -0.2) is 50.5 Å². The van der Waals surface area contributed by atoms with Crippen LogP contribution in [0.3, 0.4) is 0 Å². The van der Waals surface area contributed by atoms with Crippen molar-refractivity contribution >= 4 is 11.7 Å². The van der Waals surface area contributed by atoms with Crippen LogP contribution >= 0.6 is 0 Å². The number of fused-ring (bicyclic) bond motifs is 1. The summed E-state index contributed by atoms with van der Waals surface area (Å²) >= 11 is 0. The number of hydrogen-bond acceptors (Lipinski definition) is 5. The lowest BCUT2D eigenvalue weighted by Gasteiger charge is -2.16. The molecule has 136 valence electrons. The Morgan fingerprint density at radius 1 is 1.19 bits per heavy atom. The van der Waals surface area contributed by atoms with Gasteiger partial charge in [-0.25, -0.2) is 9.50 Å². The molecule has 0 bridgehead atoms. The Kier molecular flexibility index (Phi) is 5.58. The molecule has 2 aromatic heterocycles. The first-order valence-corrected chi connectivity index (χ1v) is 8.74. The topological polar surface area (TPSA) is 75.4 Å². The van der Waals surface area contributed by atoms with Crippen LogP contribution < -0.4 is 5.32 Å². The molecule has 7 nitrogen and oxygen atoms in total. The van der Waals surface area contributed by atoms with Crippen LogP contribution in [0.15, 0.2) is 36.4 Å². The van der Waals surface area contributed by atoms with E-state index in [0.717, 1.165) is 30.9 Å². The van der Waals surface area contributed by atoms with Crippen LogP contribution in [0.25, 0.3) is 5.78 Å². The fraction of sp³-hybridized carbons (Fsp3) is 0.368.